The summed E-state index contributed by atoms with van der Waals surface area (Å²) in [6, 6.07) is 9.14. The average Bonchev–Trinajstić information content (AvgIpc) is 2.65. The van der Waals surface area contributed by atoms with Crippen molar-refractivity contribution < 1.29 is 13.9 Å². The third-order valence-electron chi connectivity index (χ3n) is 4.38. The lowest BCUT2D eigenvalue weighted by molar-refractivity contribution is -0.123. The first kappa shape index (κ1) is 17.7. The number of aryl methyl sites for hydroxylation is 2. The van der Waals surface area contributed by atoms with Gasteiger partial charge in [-0.3, -0.25) is 9.78 Å². The van der Waals surface area contributed by atoms with Crippen LogP contribution in [0.4, 0.5) is 0 Å². The topological polar surface area (TPSA) is 81.4 Å². The van der Waals surface area contributed by atoms with Crippen molar-refractivity contribution in [2.45, 2.75) is 27.3 Å². The summed E-state index contributed by atoms with van der Waals surface area (Å²) in [5, 5.41) is 3.62. The third kappa shape index (κ3) is 3.59. The molecule has 1 amide bonds. The van der Waals surface area contributed by atoms with Crippen LogP contribution in [0.3, 0.4) is 0 Å². The number of ether oxygens (including phenoxy) is 1. The number of hydrogen-bond acceptors (Lipinski definition) is 5. The molecule has 0 aliphatic heterocycles. The van der Waals surface area contributed by atoms with Crippen molar-refractivity contribution in [1.82, 2.24) is 10.3 Å². The van der Waals surface area contributed by atoms with Gasteiger partial charge in [0.05, 0.1) is 12.2 Å². The number of nitrogens with zero attached hydrogens (tertiary/aromatic N) is 1. The van der Waals surface area contributed by atoms with Crippen LogP contribution >= 0.6 is 0 Å². The van der Waals surface area contributed by atoms with Crippen LogP contribution in [0.15, 0.2) is 45.7 Å². The van der Waals surface area contributed by atoms with Crippen molar-refractivity contribution in [2.75, 3.05) is 6.61 Å². The highest BCUT2D eigenvalue weighted by atomic mass is 16.5. The first-order valence-electron chi connectivity index (χ1n) is 8.30. The van der Waals surface area contributed by atoms with Crippen LogP contribution < -0.4 is 15.7 Å². The molecule has 3 rings (SSSR count). The Hall–Kier alpha value is -3.15. The Morgan fingerprint density at radius 2 is 1.92 bits per heavy atom. The minimum absolute atomic E-state index is 0.131. The van der Waals surface area contributed by atoms with Gasteiger partial charge in [0.25, 0.3) is 5.91 Å². The molecule has 0 unspecified atom stereocenters. The number of amides is 1. The maximum Gasteiger partial charge on any atom is 0.339 e. The molecular formula is C20H20N2O4. The molecule has 26 heavy (non-hydrogen) atoms. The monoisotopic (exact) mass is 352 g/mol. The zero-order valence-electron chi connectivity index (χ0n) is 15.0. The summed E-state index contributed by atoms with van der Waals surface area (Å²) in [7, 11) is 0. The van der Waals surface area contributed by atoms with Crippen LogP contribution in [-0.2, 0) is 11.3 Å². The largest absolute Gasteiger partial charge is 0.483 e. The quantitative estimate of drug-likeness (QED) is 0.714. The maximum absolute atomic E-state index is 12.0. The standard InChI is InChI=1S/C20H20N2O4/c1-12-13(2)20(24)26-19-14(3)17(8-7-16(12)19)25-11-18(23)22-10-15-6-4-5-9-21-15/h4-9H,10-11H2,1-3H3,(H,22,23). The Bertz CT molecular complexity index is 1010. The molecule has 6 nitrogen and oxygen atoms in total. The average molecular weight is 352 g/mol. The molecule has 1 N–H and O–H groups in total. The summed E-state index contributed by atoms with van der Waals surface area (Å²) in [6.45, 7) is 5.65. The molecule has 0 radical (unpaired) electrons. The van der Waals surface area contributed by atoms with Crippen molar-refractivity contribution >= 4 is 16.9 Å². The van der Waals surface area contributed by atoms with Crippen LogP contribution in [-0.4, -0.2) is 17.5 Å². The van der Waals surface area contributed by atoms with Gasteiger partial charge in [0.2, 0.25) is 0 Å². The van der Waals surface area contributed by atoms with E-state index in [2.05, 4.69) is 10.3 Å². The van der Waals surface area contributed by atoms with Gasteiger partial charge in [-0.05, 0) is 50.6 Å². The van der Waals surface area contributed by atoms with Gasteiger partial charge < -0.3 is 14.5 Å². The van der Waals surface area contributed by atoms with E-state index >= 15 is 0 Å². The van der Waals surface area contributed by atoms with Crippen LogP contribution in [0.1, 0.15) is 22.4 Å². The fourth-order valence-electron chi connectivity index (χ4n) is 2.67. The molecular weight excluding hydrogens is 332 g/mol. The first-order valence-corrected chi connectivity index (χ1v) is 8.30. The number of aromatic nitrogens is 1. The number of pyridine rings is 1. The van der Waals surface area contributed by atoms with E-state index in [0.29, 0.717) is 29.0 Å². The summed E-state index contributed by atoms with van der Waals surface area (Å²) >= 11 is 0. The Balaban J connectivity index is 1.71. The summed E-state index contributed by atoms with van der Waals surface area (Å²) in [6.07, 6.45) is 1.67. The number of fused-ring (bicyclic) bond motifs is 1. The fraction of sp³-hybridized carbons (Fsp3) is 0.250. The maximum atomic E-state index is 12.0. The summed E-state index contributed by atoms with van der Waals surface area (Å²) in [4.78, 5) is 28.0. The van der Waals surface area contributed by atoms with E-state index in [9.17, 15) is 9.59 Å². The van der Waals surface area contributed by atoms with Crippen LogP contribution in [0.5, 0.6) is 5.75 Å². The highest BCUT2D eigenvalue weighted by molar-refractivity contribution is 5.85. The van der Waals surface area contributed by atoms with E-state index in [-0.39, 0.29) is 18.1 Å². The third-order valence-corrected chi connectivity index (χ3v) is 4.38. The number of benzene rings is 1. The molecule has 0 atom stereocenters. The van der Waals surface area contributed by atoms with Gasteiger partial charge in [0.15, 0.2) is 6.61 Å². The van der Waals surface area contributed by atoms with Gasteiger partial charge in [-0.15, -0.1) is 0 Å². The van der Waals surface area contributed by atoms with Gasteiger partial charge in [0, 0.05) is 22.7 Å². The highest BCUT2D eigenvalue weighted by Gasteiger charge is 2.13. The van der Waals surface area contributed by atoms with E-state index in [4.69, 9.17) is 9.15 Å². The lowest BCUT2D eigenvalue weighted by Crippen LogP contribution is -2.28. The Morgan fingerprint density at radius 1 is 1.12 bits per heavy atom. The SMILES string of the molecule is Cc1c(C)c2ccc(OCC(=O)NCc3ccccn3)c(C)c2oc1=O. The molecule has 0 bridgehead atoms. The minimum atomic E-state index is -0.358. The molecule has 0 fully saturated rings. The van der Waals surface area contributed by atoms with Gasteiger partial charge in [-0.1, -0.05) is 6.07 Å². The van der Waals surface area contributed by atoms with Gasteiger partial charge in [-0.25, -0.2) is 4.79 Å². The minimum Gasteiger partial charge on any atom is -0.483 e. The first-order chi connectivity index (χ1) is 12.5. The molecule has 2 aromatic heterocycles. The highest BCUT2D eigenvalue weighted by Crippen LogP contribution is 2.29. The normalized spacial score (nSPS) is 10.7. The summed E-state index contributed by atoms with van der Waals surface area (Å²) in [5.74, 6) is 0.258. The molecule has 2 heterocycles. The Morgan fingerprint density at radius 3 is 2.65 bits per heavy atom. The van der Waals surface area contributed by atoms with Gasteiger partial charge >= 0.3 is 5.63 Å². The zero-order valence-corrected chi connectivity index (χ0v) is 15.0. The summed E-state index contributed by atoms with van der Waals surface area (Å²) in [5.41, 5.74) is 3.09. The van der Waals surface area contributed by atoms with Gasteiger partial charge in [-0.2, -0.15) is 0 Å². The van der Waals surface area contributed by atoms with Gasteiger partial charge in [0.1, 0.15) is 11.3 Å². The Labute approximate surface area is 150 Å². The van der Waals surface area contributed by atoms with Crippen LogP contribution in [0.25, 0.3) is 11.0 Å². The molecule has 6 heteroatoms. The van der Waals surface area contributed by atoms with Crippen molar-refractivity contribution in [1.29, 1.82) is 0 Å². The van der Waals surface area contributed by atoms with Crippen molar-refractivity contribution in [3.8, 4) is 5.75 Å². The Kier molecular flexibility index (Phi) is 5.02. The number of carbonyl (C=O) groups excluding carboxylic acids is 1. The molecule has 0 aliphatic carbocycles. The van der Waals surface area contributed by atoms with E-state index in [1.165, 1.54) is 0 Å². The zero-order chi connectivity index (χ0) is 18.7. The lowest BCUT2D eigenvalue weighted by Gasteiger charge is -2.12. The number of hydrogen-bond donors (Lipinski definition) is 1. The van der Waals surface area contributed by atoms with Crippen LogP contribution in [0, 0.1) is 20.8 Å². The van der Waals surface area contributed by atoms with Crippen LogP contribution in [0.2, 0.25) is 0 Å². The predicted octanol–water partition coefficient (Wildman–Crippen LogP) is 2.81. The molecule has 1 aromatic carbocycles. The van der Waals surface area contributed by atoms with Crippen molar-refractivity contribution in [3.05, 3.63) is 69.3 Å². The molecule has 0 saturated carbocycles. The second-order valence-electron chi connectivity index (χ2n) is 6.09. The van der Waals surface area contributed by atoms with Crippen molar-refractivity contribution in [2.24, 2.45) is 0 Å². The van der Waals surface area contributed by atoms with Crippen molar-refractivity contribution in [3.63, 3.8) is 0 Å². The molecule has 0 aliphatic rings. The number of carbonyl (C=O) groups is 1. The molecule has 0 saturated heterocycles. The number of rotatable bonds is 5. The van der Waals surface area contributed by atoms with E-state index in [1.807, 2.05) is 31.2 Å². The second-order valence-corrected chi connectivity index (χ2v) is 6.09. The van der Waals surface area contributed by atoms with E-state index < -0.39 is 0 Å². The summed E-state index contributed by atoms with van der Waals surface area (Å²) < 4.78 is 11.0. The fourth-order valence-corrected chi connectivity index (χ4v) is 2.67. The molecule has 3 aromatic rings. The lowest BCUT2D eigenvalue weighted by atomic mass is 10.0. The molecule has 0 spiro atoms. The predicted molar refractivity (Wildman–Crippen MR) is 98.3 cm³/mol. The second kappa shape index (κ2) is 7.39. The number of nitrogens with one attached hydrogen (secondary N) is 1. The van der Waals surface area contributed by atoms with E-state index in [1.54, 1.807) is 26.1 Å². The smallest absolute Gasteiger partial charge is 0.339 e. The molecule has 134 valence electrons. The van der Waals surface area contributed by atoms with E-state index in [0.717, 1.165) is 16.6 Å².